The van der Waals surface area contributed by atoms with Crippen LogP contribution >= 0.6 is 11.3 Å². The van der Waals surface area contributed by atoms with Gasteiger partial charge in [-0.1, -0.05) is 36.4 Å². The summed E-state index contributed by atoms with van der Waals surface area (Å²) >= 11 is 1.29. The lowest BCUT2D eigenvalue weighted by molar-refractivity contribution is -0.123. The standard InChI is InChI=1S/C23H23N3O4S/c1-2-30-18-12-10-17(11-13-18)21(27)25-26-22(28)19(15-16-7-4-3-5-8-16)24-23(29)20-9-6-14-31-20/h3-14,19H,2,15H2,1H3,(H,24,29)(H,25,27)(H,26,28). The van der Waals surface area contributed by atoms with Crippen LogP contribution in [0.2, 0.25) is 0 Å². The Morgan fingerprint density at radius 2 is 1.65 bits per heavy atom. The molecule has 160 valence electrons. The molecule has 0 radical (unpaired) electrons. The molecule has 2 aromatic carbocycles. The van der Waals surface area contributed by atoms with Crippen molar-refractivity contribution in [3.05, 3.63) is 88.1 Å². The largest absolute Gasteiger partial charge is 0.494 e. The number of hydrogen-bond acceptors (Lipinski definition) is 5. The number of hydrogen-bond donors (Lipinski definition) is 3. The molecular weight excluding hydrogens is 414 g/mol. The first-order chi connectivity index (χ1) is 15.1. The monoisotopic (exact) mass is 437 g/mol. The van der Waals surface area contributed by atoms with Gasteiger partial charge in [-0.3, -0.25) is 25.2 Å². The fraction of sp³-hybridized carbons (Fsp3) is 0.174. The quantitative estimate of drug-likeness (QED) is 0.472. The average Bonchev–Trinajstić information content (AvgIpc) is 3.33. The molecule has 31 heavy (non-hydrogen) atoms. The maximum absolute atomic E-state index is 12.8. The Bertz CT molecular complexity index is 1010. The Hall–Kier alpha value is -3.65. The molecule has 0 aliphatic rings. The van der Waals surface area contributed by atoms with Gasteiger partial charge in [0, 0.05) is 12.0 Å². The van der Waals surface area contributed by atoms with Gasteiger partial charge in [0.25, 0.3) is 17.7 Å². The summed E-state index contributed by atoms with van der Waals surface area (Å²) in [5.41, 5.74) is 6.06. The minimum atomic E-state index is -0.863. The molecule has 0 saturated heterocycles. The molecule has 3 N–H and O–H groups in total. The third kappa shape index (κ3) is 6.42. The third-order valence-electron chi connectivity index (χ3n) is 4.38. The number of carbonyl (C=O) groups is 3. The van der Waals surface area contributed by atoms with Crippen LogP contribution in [0.4, 0.5) is 0 Å². The first kappa shape index (κ1) is 22.0. The predicted octanol–water partition coefficient (Wildman–Crippen LogP) is 2.95. The molecule has 8 heteroatoms. The first-order valence-electron chi connectivity index (χ1n) is 9.78. The van der Waals surface area contributed by atoms with E-state index in [2.05, 4.69) is 16.2 Å². The number of hydrazine groups is 1. The number of benzene rings is 2. The van der Waals surface area contributed by atoms with Gasteiger partial charge in [0.05, 0.1) is 11.5 Å². The minimum Gasteiger partial charge on any atom is -0.494 e. The van der Waals surface area contributed by atoms with Crippen LogP contribution in [0.1, 0.15) is 32.5 Å². The average molecular weight is 438 g/mol. The summed E-state index contributed by atoms with van der Waals surface area (Å²) in [7, 11) is 0. The topological polar surface area (TPSA) is 96.5 Å². The molecule has 1 unspecified atom stereocenters. The number of ether oxygens (including phenoxy) is 1. The van der Waals surface area contributed by atoms with Crippen LogP contribution in [0.5, 0.6) is 5.75 Å². The van der Waals surface area contributed by atoms with Gasteiger partial charge in [0.1, 0.15) is 11.8 Å². The Morgan fingerprint density at radius 1 is 0.903 bits per heavy atom. The molecular formula is C23H23N3O4S. The number of amides is 3. The van der Waals surface area contributed by atoms with Gasteiger partial charge in [0.15, 0.2) is 0 Å². The van der Waals surface area contributed by atoms with Crippen LogP contribution in [0.25, 0.3) is 0 Å². The molecule has 1 heterocycles. The Kier molecular flexibility index (Phi) is 7.78. The van der Waals surface area contributed by atoms with Crippen LogP contribution < -0.4 is 20.9 Å². The van der Waals surface area contributed by atoms with E-state index < -0.39 is 17.9 Å². The van der Waals surface area contributed by atoms with E-state index >= 15 is 0 Å². The normalized spacial score (nSPS) is 11.3. The van der Waals surface area contributed by atoms with Crippen molar-refractivity contribution < 1.29 is 19.1 Å². The smallest absolute Gasteiger partial charge is 0.269 e. The Labute approximate surface area is 184 Å². The molecule has 7 nitrogen and oxygen atoms in total. The second kappa shape index (κ2) is 10.9. The molecule has 0 bridgehead atoms. The molecule has 3 amide bonds. The van der Waals surface area contributed by atoms with E-state index in [0.717, 1.165) is 5.56 Å². The highest BCUT2D eigenvalue weighted by molar-refractivity contribution is 7.12. The van der Waals surface area contributed by atoms with Crippen molar-refractivity contribution in [2.24, 2.45) is 0 Å². The van der Waals surface area contributed by atoms with Crippen LogP contribution in [0, 0.1) is 0 Å². The van der Waals surface area contributed by atoms with Gasteiger partial charge in [-0.15, -0.1) is 11.3 Å². The fourth-order valence-corrected chi connectivity index (χ4v) is 3.47. The van der Waals surface area contributed by atoms with Gasteiger partial charge in [0.2, 0.25) is 0 Å². The van der Waals surface area contributed by atoms with E-state index in [1.807, 2.05) is 37.3 Å². The third-order valence-corrected chi connectivity index (χ3v) is 5.24. The highest BCUT2D eigenvalue weighted by atomic mass is 32.1. The Balaban J connectivity index is 1.64. The van der Waals surface area contributed by atoms with Gasteiger partial charge < -0.3 is 10.1 Å². The van der Waals surface area contributed by atoms with Crippen LogP contribution in [-0.2, 0) is 11.2 Å². The van der Waals surface area contributed by atoms with Crippen molar-refractivity contribution >= 4 is 29.1 Å². The molecule has 1 aromatic heterocycles. The van der Waals surface area contributed by atoms with E-state index in [9.17, 15) is 14.4 Å². The number of rotatable bonds is 8. The van der Waals surface area contributed by atoms with Gasteiger partial charge in [-0.05, 0) is 48.2 Å². The second-order valence-electron chi connectivity index (χ2n) is 6.59. The maximum atomic E-state index is 12.8. The molecule has 3 rings (SSSR count). The van der Waals surface area contributed by atoms with Gasteiger partial charge >= 0.3 is 0 Å². The summed E-state index contributed by atoms with van der Waals surface area (Å²) in [6.45, 7) is 2.40. The zero-order valence-electron chi connectivity index (χ0n) is 17.0. The molecule has 0 fully saturated rings. The molecule has 1 atom stereocenters. The highest BCUT2D eigenvalue weighted by Gasteiger charge is 2.23. The number of nitrogens with one attached hydrogen (secondary N) is 3. The van der Waals surface area contributed by atoms with Crippen molar-refractivity contribution in [2.45, 2.75) is 19.4 Å². The molecule has 0 spiro atoms. The van der Waals surface area contributed by atoms with Crippen molar-refractivity contribution in [1.29, 1.82) is 0 Å². The molecule has 0 saturated carbocycles. The van der Waals surface area contributed by atoms with E-state index in [0.29, 0.717) is 22.8 Å². The molecule has 3 aromatic rings. The summed E-state index contributed by atoms with van der Waals surface area (Å²) in [6.07, 6.45) is 0.280. The summed E-state index contributed by atoms with van der Waals surface area (Å²) in [6, 6.07) is 18.5. The highest BCUT2D eigenvalue weighted by Crippen LogP contribution is 2.12. The fourth-order valence-electron chi connectivity index (χ4n) is 2.84. The van der Waals surface area contributed by atoms with Crippen molar-refractivity contribution in [3.8, 4) is 5.75 Å². The lowest BCUT2D eigenvalue weighted by atomic mass is 10.1. The van der Waals surface area contributed by atoms with Crippen LogP contribution in [0.3, 0.4) is 0 Å². The van der Waals surface area contributed by atoms with E-state index in [4.69, 9.17) is 4.74 Å². The van der Waals surface area contributed by atoms with Gasteiger partial charge in [-0.2, -0.15) is 0 Å². The van der Waals surface area contributed by atoms with E-state index in [-0.39, 0.29) is 12.3 Å². The van der Waals surface area contributed by atoms with Crippen LogP contribution in [0.15, 0.2) is 72.1 Å². The van der Waals surface area contributed by atoms with Crippen molar-refractivity contribution in [3.63, 3.8) is 0 Å². The van der Waals surface area contributed by atoms with E-state index in [1.54, 1.807) is 41.8 Å². The first-order valence-corrected chi connectivity index (χ1v) is 10.7. The van der Waals surface area contributed by atoms with Crippen LogP contribution in [-0.4, -0.2) is 30.4 Å². The Morgan fingerprint density at radius 3 is 2.29 bits per heavy atom. The predicted molar refractivity (Wildman–Crippen MR) is 119 cm³/mol. The number of thiophene rings is 1. The summed E-state index contributed by atoms with van der Waals surface area (Å²) < 4.78 is 5.35. The zero-order valence-corrected chi connectivity index (χ0v) is 17.8. The second-order valence-corrected chi connectivity index (χ2v) is 7.54. The number of carbonyl (C=O) groups excluding carboxylic acids is 3. The van der Waals surface area contributed by atoms with Crippen molar-refractivity contribution in [2.75, 3.05) is 6.61 Å². The lowest BCUT2D eigenvalue weighted by Gasteiger charge is -2.18. The summed E-state index contributed by atoms with van der Waals surface area (Å²) in [5.74, 6) is -0.682. The lowest BCUT2D eigenvalue weighted by Crippen LogP contribution is -2.53. The minimum absolute atomic E-state index is 0.280. The van der Waals surface area contributed by atoms with Crippen molar-refractivity contribution in [1.82, 2.24) is 16.2 Å². The summed E-state index contributed by atoms with van der Waals surface area (Å²) in [4.78, 5) is 38.1. The molecule has 0 aliphatic heterocycles. The SMILES string of the molecule is CCOc1ccc(C(=O)NNC(=O)C(Cc2ccccc2)NC(=O)c2cccs2)cc1. The summed E-state index contributed by atoms with van der Waals surface area (Å²) in [5, 5.41) is 4.53. The maximum Gasteiger partial charge on any atom is 0.269 e. The van der Waals surface area contributed by atoms with E-state index in [1.165, 1.54) is 11.3 Å². The van der Waals surface area contributed by atoms with Gasteiger partial charge in [-0.25, -0.2) is 0 Å². The zero-order chi connectivity index (χ0) is 22.1. The molecule has 0 aliphatic carbocycles.